The molecule has 3 nitrogen and oxygen atoms in total. The van der Waals surface area contributed by atoms with Crippen LogP contribution in [-0.4, -0.2) is 19.0 Å². The van der Waals surface area contributed by atoms with Crippen LogP contribution in [0.4, 0.5) is 15.8 Å². The maximum Gasteiger partial charge on any atom is 0.244 e. The Labute approximate surface area is 81.5 Å². The summed E-state index contributed by atoms with van der Waals surface area (Å²) in [5.74, 6) is -0.543. The molecule has 0 bridgehead atoms. The van der Waals surface area contributed by atoms with Crippen LogP contribution < -0.4 is 10.2 Å². The number of fused-ring (bicyclic) bond motifs is 1. The summed E-state index contributed by atoms with van der Waals surface area (Å²) < 4.78 is 13.3. The molecule has 0 saturated carbocycles. The van der Waals surface area contributed by atoms with Crippen LogP contribution in [0, 0.1) is 5.82 Å². The van der Waals surface area contributed by atoms with Crippen LogP contribution in [0.5, 0.6) is 0 Å². The summed E-state index contributed by atoms with van der Waals surface area (Å²) in [6, 6.07) is 4.80. The van der Waals surface area contributed by atoms with Gasteiger partial charge in [-0.05, 0) is 19.1 Å². The number of carbonyl (C=O) groups excluding carboxylic acids is 1. The number of carbonyl (C=O) groups is 1. The van der Waals surface area contributed by atoms with Gasteiger partial charge in [0.25, 0.3) is 0 Å². The van der Waals surface area contributed by atoms with Gasteiger partial charge in [-0.15, -0.1) is 0 Å². The Hall–Kier alpha value is -1.58. The topological polar surface area (TPSA) is 32.3 Å². The van der Waals surface area contributed by atoms with E-state index in [0.29, 0.717) is 18.8 Å². The molecule has 1 aromatic rings. The number of hydrogen-bond acceptors (Lipinski definition) is 2. The predicted octanol–water partition coefficient (Wildman–Crippen LogP) is 1.60. The van der Waals surface area contributed by atoms with Gasteiger partial charge in [-0.1, -0.05) is 6.07 Å². The maximum absolute atomic E-state index is 13.3. The third-order valence-electron chi connectivity index (χ3n) is 2.31. The molecule has 1 aliphatic heterocycles. The lowest BCUT2D eigenvalue weighted by atomic mass is 10.2. The van der Waals surface area contributed by atoms with Gasteiger partial charge in [-0.2, -0.15) is 0 Å². The zero-order valence-corrected chi connectivity index (χ0v) is 7.88. The van der Waals surface area contributed by atoms with E-state index in [-0.39, 0.29) is 11.7 Å². The monoisotopic (exact) mass is 194 g/mol. The second-order valence-electron chi connectivity index (χ2n) is 3.20. The molecule has 74 valence electrons. The SMILES string of the molecule is CCN1CC(=O)Nc2c(F)cccc21. The van der Waals surface area contributed by atoms with Crippen molar-refractivity contribution in [3.05, 3.63) is 24.0 Å². The van der Waals surface area contributed by atoms with Crippen LogP contribution in [0.25, 0.3) is 0 Å². The van der Waals surface area contributed by atoms with Gasteiger partial charge in [-0.3, -0.25) is 4.79 Å². The molecule has 0 saturated heterocycles. The highest BCUT2D eigenvalue weighted by Crippen LogP contribution is 2.31. The van der Waals surface area contributed by atoms with Crippen LogP contribution in [-0.2, 0) is 4.79 Å². The van der Waals surface area contributed by atoms with Crippen LogP contribution in [0.3, 0.4) is 0 Å². The molecule has 1 amide bonds. The van der Waals surface area contributed by atoms with Crippen molar-refractivity contribution in [3.8, 4) is 0 Å². The smallest absolute Gasteiger partial charge is 0.244 e. The predicted molar refractivity (Wildman–Crippen MR) is 52.9 cm³/mol. The van der Waals surface area contributed by atoms with Gasteiger partial charge in [0.1, 0.15) is 11.5 Å². The van der Waals surface area contributed by atoms with Gasteiger partial charge in [0, 0.05) is 6.54 Å². The highest BCUT2D eigenvalue weighted by molar-refractivity contribution is 6.01. The van der Waals surface area contributed by atoms with E-state index >= 15 is 0 Å². The van der Waals surface area contributed by atoms with Crippen molar-refractivity contribution in [2.45, 2.75) is 6.92 Å². The number of nitrogens with zero attached hydrogens (tertiary/aromatic N) is 1. The van der Waals surface area contributed by atoms with E-state index < -0.39 is 0 Å². The summed E-state index contributed by atoms with van der Waals surface area (Å²) in [6.07, 6.45) is 0. The average molecular weight is 194 g/mol. The third-order valence-corrected chi connectivity index (χ3v) is 2.31. The quantitative estimate of drug-likeness (QED) is 0.736. The van der Waals surface area contributed by atoms with Gasteiger partial charge in [0.05, 0.1) is 12.2 Å². The van der Waals surface area contributed by atoms with Gasteiger partial charge in [-0.25, -0.2) is 4.39 Å². The minimum Gasteiger partial charge on any atom is -0.361 e. The number of amides is 1. The zero-order chi connectivity index (χ0) is 10.1. The zero-order valence-electron chi connectivity index (χ0n) is 7.88. The largest absolute Gasteiger partial charge is 0.361 e. The van der Waals surface area contributed by atoms with Crippen LogP contribution in [0.15, 0.2) is 18.2 Å². The molecule has 0 aliphatic carbocycles. The van der Waals surface area contributed by atoms with Crippen molar-refractivity contribution in [1.29, 1.82) is 0 Å². The van der Waals surface area contributed by atoms with Gasteiger partial charge >= 0.3 is 0 Å². The first-order chi connectivity index (χ1) is 6.72. The minimum atomic E-state index is -0.381. The fraction of sp³-hybridized carbons (Fsp3) is 0.300. The maximum atomic E-state index is 13.3. The molecule has 1 heterocycles. The van der Waals surface area contributed by atoms with Gasteiger partial charge in [0.2, 0.25) is 5.91 Å². The first kappa shape index (κ1) is 8.99. The summed E-state index contributed by atoms with van der Waals surface area (Å²) in [5, 5.41) is 2.54. The van der Waals surface area contributed by atoms with E-state index in [2.05, 4.69) is 5.32 Å². The number of benzene rings is 1. The number of halogens is 1. The van der Waals surface area contributed by atoms with Gasteiger partial charge in [0.15, 0.2) is 0 Å². The van der Waals surface area contributed by atoms with E-state index in [0.717, 1.165) is 5.69 Å². The molecule has 14 heavy (non-hydrogen) atoms. The number of nitrogens with one attached hydrogen (secondary N) is 1. The lowest BCUT2D eigenvalue weighted by Gasteiger charge is -2.29. The van der Waals surface area contributed by atoms with Crippen molar-refractivity contribution in [3.63, 3.8) is 0 Å². The Morgan fingerprint density at radius 3 is 3.07 bits per heavy atom. The molecule has 4 heteroatoms. The molecule has 1 aliphatic rings. The van der Waals surface area contributed by atoms with Crippen LogP contribution >= 0.6 is 0 Å². The van der Waals surface area contributed by atoms with Crippen molar-refractivity contribution in [2.75, 3.05) is 23.3 Å². The van der Waals surface area contributed by atoms with E-state index in [1.165, 1.54) is 6.07 Å². The first-order valence-corrected chi connectivity index (χ1v) is 4.55. The molecule has 0 radical (unpaired) electrons. The Morgan fingerprint density at radius 1 is 1.57 bits per heavy atom. The Morgan fingerprint density at radius 2 is 2.36 bits per heavy atom. The third kappa shape index (κ3) is 1.32. The summed E-state index contributed by atoms with van der Waals surface area (Å²) in [6.45, 7) is 2.93. The summed E-state index contributed by atoms with van der Waals surface area (Å²) in [5.41, 5.74) is 1.05. The fourth-order valence-electron chi connectivity index (χ4n) is 1.62. The van der Waals surface area contributed by atoms with Crippen molar-refractivity contribution < 1.29 is 9.18 Å². The Bertz CT molecular complexity index is 378. The molecular weight excluding hydrogens is 183 g/mol. The Kier molecular flexibility index (Phi) is 2.11. The highest BCUT2D eigenvalue weighted by Gasteiger charge is 2.22. The fourth-order valence-corrected chi connectivity index (χ4v) is 1.62. The van der Waals surface area contributed by atoms with Crippen LogP contribution in [0.1, 0.15) is 6.92 Å². The standard InChI is InChI=1S/C10H11FN2O/c1-2-13-6-9(14)12-10-7(11)4-3-5-8(10)13/h3-5H,2,6H2,1H3,(H,12,14). The molecule has 1 aromatic carbocycles. The molecule has 0 spiro atoms. The molecule has 0 atom stereocenters. The molecule has 0 fully saturated rings. The highest BCUT2D eigenvalue weighted by atomic mass is 19.1. The second kappa shape index (κ2) is 3.29. The van der Waals surface area contributed by atoms with E-state index in [4.69, 9.17) is 0 Å². The molecular formula is C10H11FN2O. The summed E-state index contributed by atoms with van der Waals surface area (Å²) in [4.78, 5) is 13.1. The second-order valence-corrected chi connectivity index (χ2v) is 3.20. The molecule has 0 aromatic heterocycles. The normalized spacial score (nSPS) is 15.0. The summed E-state index contributed by atoms with van der Waals surface area (Å²) >= 11 is 0. The van der Waals surface area contributed by atoms with Gasteiger partial charge < -0.3 is 10.2 Å². The van der Waals surface area contributed by atoms with E-state index in [9.17, 15) is 9.18 Å². The average Bonchev–Trinajstić information content (AvgIpc) is 2.18. The summed E-state index contributed by atoms with van der Waals surface area (Å²) in [7, 11) is 0. The number of rotatable bonds is 1. The van der Waals surface area contributed by atoms with Crippen molar-refractivity contribution >= 4 is 17.3 Å². The van der Waals surface area contributed by atoms with Crippen molar-refractivity contribution in [2.24, 2.45) is 0 Å². The number of likely N-dealkylation sites (N-methyl/N-ethyl adjacent to an activating group) is 1. The first-order valence-electron chi connectivity index (χ1n) is 4.55. The molecule has 1 N–H and O–H groups in total. The van der Waals surface area contributed by atoms with Crippen molar-refractivity contribution in [1.82, 2.24) is 0 Å². The minimum absolute atomic E-state index is 0.163. The van der Waals surface area contributed by atoms with E-state index in [1.807, 2.05) is 11.8 Å². The molecule has 0 unspecified atom stereocenters. The molecule has 2 rings (SSSR count). The Balaban J connectivity index is 2.50. The lowest BCUT2D eigenvalue weighted by Crippen LogP contribution is -2.38. The lowest BCUT2D eigenvalue weighted by molar-refractivity contribution is -0.115. The van der Waals surface area contributed by atoms with E-state index in [1.54, 1.807) is 12.1 Å². The number of para-hydroxylation sites is 1. The van der Waals surface area contributed by atoms with Crippen LogP contribution in [0.2, 0.25) is 0 Å². The number of anilines is 2. The number of hydrogen-bond donors (Lipinski definition) is 1.